The van der Waals surface area contributed by atoms with Gasteiger partial charge < -0.3 is 23.9 Å². The van der Waals surface area contributed by atoms with Crippen molar-refractivity contribution in [3.8, 4) is 28.4 Å². The number of rotatable bonds is 8. The highest BCUT2D eigenvalue weighted by Crippen LogP contribution is 2.36. The maximum absolute atomic E-state index is 13.5. The number of benzene rings is 2. The summed E-state index contributed by atoms with van der Waals surface area (Å²) in [5.74, 6) is -0.152. The average Bonchev–Trinajstić information content (AvgIpc) is 3.24. The van der Waals surface area contributed by atoms with E-state index < -0.39 is 11.7 Å². The number of halogens is 1. The Morgan fingerprint density at radius 1 is 0.971 bits per heavy atom. The number of ether oxygens (including phenoxy) is 3. The number of fused-ring (bicyclic) bond motifs is 1. The zero-order chi connectivity index (χ0) is 24.2. The van der Waals surface area contributed by atoms with Crippen LogP contribution in [-0.2, 0) is 4.79 Å². The Kier molecular flexibility index (Phi) is 6.75. The molecule has 8 heteroatoms. The number of hydrogen-bond donors (Lipinski definition) is 1. The van der Waals surface area contributed by atoms with Gasteiger partial charge in [0, 0.05) is 29.4 Å². The van der Waals surface area contributed by atoms with Crippen LogP contribution in [0.5, 0.6) is 17.2 Å². The van der Waals surface area contributed by atoms with Gasteiger partial charge >= 0.3 is 0 Å². The number of amides is 1. The van der Waals surface area contributed by atoms with Crippen LogP contribution in [0.25, 0.3) is 16.6 Å². The monoisotopic (exact) mass is 478 g/mol. The first kappa shape index (κ1) is 23.2. The average molecular weight is 479 g/mol. The van der Waals surface area contributed by atoms with Gasteiger partial charge in [-0.3, -0.25) is 9.59 Å². The van der Waals surface area contributed by atoms with Crippen LogP contribution in [0.1, 0.15) is 17.4 Å². The molecular formula is C26H23ClN2O5. The minimum Gasteiger partial charge on any atom is -0.495 e. The van der Waals surface area contributed by atoms with Gasteiger partial charge in [-0.25, -0.2) is 0 Å². The first-order valence-corrected chi connectivity index (χ1v) is 10.9. The summed E-state index contributed by atoms with van der Waals surface area (Å²) < 4.78 is 17.8. The Morgan fingerprint density at radius 3 is 2.38 bits per heavy atom. The van der Waals surface area contributed by atoms with E-state index in [4.69, 9.17) is 25.8 Å². The largest absolute Gasteiger partial charge is 0.495 e. The molecule has 1 amide bonds. The molecule has 174 valence electrons. The maximum atomic E-state index is 13.5. The molecule has 2 aromatic heterocycles. The number of hydrogen-bond acceptors (Lipinski definition) is 5. The number of ketones is 1. The molecule has 34 heavy (non-hydrogen) atoms. The van der Waals surface area contributed by atoms with Gasteiger partial charge in [0.15, 0.2) is 0 Å². The molecule has 2 heterocycles. The first-order valence-electron chi connectivity index (χ1n) is 10.6. The summed E-state index contributed by atoms with van der Waals surface area (Å²) in [6, 6.07) is 17.8. The lowest BCUT2D eigenvalue weighted by molar-refractivity contribution is -0.112. The first-order chi connectivity index (χ1) is 16.5. The molecular weight excluding hydrogens is 456 g/mol. The second-order valence-electron chi connectivity index (χ2n) is 7.33. The van der Waals surface area contributed by atoms with Crippen molar-refractivity contribution in [2.24, 2.45) is 0 Å². The lowest BCUT2D eigenvalue weighted by Crippen LogP contribution is -2.25. The van der Waals surface area contributed by atoms with E-state index in [0.717, 1.165) is 16.8 Å². The summed E-state index contributed by atoms with van der Waals surface area (Å²) >= 11 is 6.15. The molecule has 0 unspecified atom stereocenters. The zero-order valence-corrected chi connectivity index (χ0v) is 19.7. The second-order valence-corrected chi connectivity index (χ2v) is 7.74. The van der Waals surface area contributed by atoms with E-state index >= 15 is 0 Å². The molecule has 0 fully saturated rings. The molecule has 0 aliphatic rings. The fourth-order valence-corrected chi connectivity index (χ4v) is 3.95. The molecule has 0 aliphatic carbocycles. The molecule has 0 aliphatic heterocycles. The standard InChI is InChI=1S/C26H23ClN2O5/c1-4-34-18-10-8-16(9-11-18)19-13-17-7-5-6-12-29(17)24(19)25(30)26(31)28-21-15-22(32-2)20(27)14-23(21)33-3/h5-15H,4H2,1-3H3,(H,28,31). The normalized spacial score (nSPS) is 10.7. The maximum Gasteiger partial charge on any atom is 0.298 e. The third-order valence-corrected chi connectivity index (χ3v) is 5.59. The number of anilines is 1. The fraction of sp³-hybridized carbons (Fsp3) is 0.154. The highest BCUT2D eigenvalue weighted by atomic mass is 35.5. The third kappa shape index (κ3) is 4.43. The number of pyridine rings is 1. The van der Waals surface area contributed by atoms with E-state index in [9.17, 15) is 9.59 Å². The Hall–Kier alpha value is -3.97. The van der Waals surface area contributed by atoms with Crippen molar-refractivity contribution >= 4 is 34.5 Å². The van der Waals surface area contributed by atoms with Gasteiger partial charge in [-0.05, 0) is 42.8 Å². The number of carbonyl (C=O) groups excluding carboxylic acids is 2. The molecule has 0 atom stereocenters. The van der Waals surface area contributed by atoms with E-state index in [1.54, 1.807) is 16.7 Å². The van der Waals surface area contributed by atoms with Crippen LogP contribution in [0.15, 0.2) is 66.9 Å². The van der Waals surface area contributed by atoms with Gasteiger partial charge in [0.05, 0.1) is 31.5 Å². The molecule has 0 spiro atoms. The van der Waals surface area contributed by atoms with Crippen LogP contribution in [0, 0.1) is 0 Å². The smallest absolute Gasteiger partial charge is 0.298 e. The van der Waals surface area contributed by atoms with Gasteiger partial charge in [-0.15, -0.1) is 0 Å². The lowest BCUT2D eigenvalue weighted by atomic mass is 10.0. The number of Topliss-reactive ketones (excluding diaryl/α,β-unsaturated/α-hetero) is 1. The number of methoxy groups -OCH3 is 2. The van der Waals surface area contributed by atoms with Crippen molar-refractivity contribution in [3.05, 3.63) is 77.6 Å². The minimum atomic E-state index is -0.821. The van der Waals surface area contributed by atoms with E-state index in [2.05, 4.69) is 5.32 Å². The van der Waals surface area contributed by atoms with Crippen molar-refractivity contribution in [2.45, 2.75) is 6.92 Å². The zero-order valence-electron chi connectivity index (χ0n) is 18.9. The van der Waals surface area contributed by atoms with E-state index in [-0.39, 0.29) is 11.4 Å². The molecule has 0 radical (unpaired) electrons. The van der Waals surface area contributed by atoms with Gasteiger partial charge in [-0.1, -0.05) is 29.8 Å². The van der Waals surface area contributed by atoms with Crippen molar-refractivity contribution in [2.75, 3.05) is 26.1 Å². The van der Waals surface area contributed by atoms with Gasteiger partial charge in [-0.2, -0.15) is 0 Å². The molecule has 7 nitrogen and oxygen atoms in total. The van der Waals surface area contributed by atoms with Crippen LogP contribution in [0.2, 0.25) is 5.02 Å². The van der Waals surface area contributed by atoms with Crippen molar-refractivity contribution in [3.63, 3.8) is 0 Å². The SMILES string of the molecule is CCOc1ccc(-c2cc3ccccn3c2C(=O)C(=O)Nc2cc(OC)c(Cl)cc2OC)cc1. The predicted molar refractivity (Wildman–Crippen MR) is 132 cm³/mol. The molecule has 2 aromatic carbocycles. The minimum absolute atomic E-state index is 0.247. The Morgan fingerprint density at radius 2 is 1.71 bits per heavy atom. The fourth-order valence-electron chi connectivity index (χ4n) is 3.72. The van der Waals surface area contributed by atoms with Crippen molar-refractivity contribution in [1.29, 1.82) is 0 Å². The number of nitrogens with zero attached hydrogens (tertiary/aromatic N) is 1. The molecule has 1 N–H and O–H groups in total. The summed E-state index contributed by atoms with van der Waals surface area (Å²) in [6.07, 6.45) is 1.75. The predicted octanol–water partition coefficient (Wildman–Crippen LogP) is 5.50. The number of carbonyl (C=O) groups is 2. The van der Waals surface area contributed by atoms with Crippen molar-refractivity contribution in [1.82, 2.24) is 4.40 Å². The van der Waals surface area contributed by atoms with Crippen LogP contribution in [-0.4, -0.2) is 36.9 Å². The van der Waals surface area contributed by atoms with Crippen LogP contribution >= 0.6 is 11.6 Å². The summed E-state index contributed by atoms with van der Waals surface area (Å²) in [4.78, 5) is 26.6. The molecule has 0 saturated carbocycles. The highest BCUT2D eigenvalue weighted by Gasteiger charge is 2.26. The van der Waals surface area contributed by atoms with E-state index in [1.165, 1.54) is 26.4 Å². The Balaban J connectivity index is 1.74. The third-order valence-electron chi connectivity index (χ3n) is 5.30. The van der Waals surface area contributed by atoms with Crippen LogP contribution < -0.4 is 19.5 Å². The Bertz CT molecular complexity index is 1360. The second kappa shape index (κ2) is 9.89. The Labute approximate surface area is 201 Å². The molecule has 0 saturated heterocycles. The van der Waals surface area contributed by atoms with Gasteiger partial charge in [0.2, 0.25) is 0 Å². The quantitative estimate of drug-likeness (QED) is 0.267. The van der Waals surface area contributed by atoms with Crippen LogP contribution in [0.4, 0.5) is 5.69 Å². The van der Waals surface area contributed by atoms with Crippen molar-refractivity contribution < 1.29 is 23.8 Å². The van der Waals surface area contributed by atoms with Crippen LogP contribution in [0.3, 0.4) is 0 Å². The summed E-state index contributed by atoms with van der Waals surface area (Å²) in [7, 11) is 2.90. The van der Waals surface area contributed by atoms with Gasteiger partial charge in [0.1, 0.15) is 22.9 Å². The number of nitrogens with one attached hydrogen (secondary N) is 1. The summed E-state index contributed by atoms with van der Waals surface area (Å²) in [5.41, 5.74) is 2.72. The number of aromatic nitrogens is 1. The van der Waals surface area contributed by atoms with E-state index in [1.807, 2.05) is 49.4 Å². The van der Waals surface area contributed by atoms with E-state index in [0.29, 0.717) is 28.7 Å². The molecule has 4 aromatic rings. The molecule has 4 rings (SSSR count). The topological polar surface area (TPSA) is 78.3 Å². The highest BCUT2D eigenvalue weighted by molar-refractivity contribution is 6.47. The summed E-state index contributed by atoms with van der Waals surface area (Å²) in [6.45, 7) is 2.47. The summed E-state index contributed by atoms with van der Waals surface area (Å²) in [5, 5.41) is 2.95. The van der Waals surface area contributed by atoms with Gasteiger partial charge in [0.25, 0.3) is 11.7 Å². The molecule has 0 bridgehead atoms. The lowest BCUT2D eigenvalue weighted by Gasteiger charge is -2.13.